The third-order valence-corrected chi connectivity index (χ3v) is 4.17. The van der Waals surface area contributed by atoms with Crippen molar-refractivity contribution in [1.29, 1.82) is 0 Å². The van der Waals surface area contributed by atoms with Crippen molar-refractivity contribution < 1.29 is 13.5 Å². The number of aryl methyl sites for hydroxylation is 1. The summed E-state index contributed by atoms with van der Waals surface area (Å²) in [6, 6.07) is 6.05. The maximum Gasteiger partial charge on any atom is 0.319 e. The van der Waals surface area contributed by atoms with Gasteiger partial charge in [0.2, 0.25) is 0 Å². The number of nitrogens with one attached hydrogen (secondary N) is 2. The molecular formula is C19H28F2IN5O. The molecule has 0 aliphatic heterocycles. The van der Waals surface area contributed by atoms with E-state index in [9.17, 15) is 8.78 Å². The highest BCUT2D eigenvalue weighted by Crippen LogP contribution is 2.22. The number of aliphatic imine (C=N–C) groups is 1. The van der Waals surface area contributed by atoms with E-state index in [0.717, 1.165) is 27.9 Å². The van der Waals surface area contributed by atoms with Gasteiger partial charge in [0.25, 0.3) is 0 Å². The van der Waals surface area contributed by atoms with Gasteiger partial charge < -0.3 is 15.4 Å². The molecule has 1 aromatic carbocycles. The minimum absolute atomic E-state index is 0. The van der Waals surface area contributed by atoms with Crippen LogP contribution in [0.4, 0.5) is 8.78 Å². The number of aromatic nitrogens is 2. The van der Waals surface area contributed by atoms with Gasteiger partial charge in [0.15, 0.2) is 5.96 Å². The summed E-state index contributed by atoms with van der Waals surface area (Å²) in [6.45, 7) is 4.15. The predicted molar refractivity (Wildman–Crippen MR) is 117 cm³/mol. The zero-order valence-corrected chi connectivity index (χ0v) is 18.9. The van der Waals surface area contributed by atoms with E-state index in [-0.39, 0.29) is 42.4 Å². The van der Waals surface area contributed by atoms with E-state index >= 15 is 0 Å². The number of guanidine groups is 1. The first-order chi connectivity index (χ1) is 12.9. The number of nitrogens with zero attached hydrogens (tertiary/aromatic N) is 3. The van der Waals surface area contributed by atoms with Gasteiger partial charge in [-0.3, -0.25) is 9.56 Å². The van der Waals surface area contributed by atoms with Gasteiger partial charge in [-0.25, -0.2) is 4.98 Å². The maximum absolute atomic E-state index is 12.9. The normalized spacial score (nSPS) is 12.5. The number of halogens is 3. The first kappa shape index (κ1) is 24.1. The summed E-state index contributed by atoms with van der Waals surface area (Å²) in [5.41, 5.74) is 2.12. The number of rotatable bonds is 8. The Hall–Kier alpha value is -1.91. The Morgan fingerprint density at radius 3 is 2.64 bits per heavy atom. The molecule has 0 amide bonds. The van der Waals surface area contributed by atoms with Crippen LogP contribution in [0.5, 0.6) is 5.75 Å². The largest absolute Gasteiger partial charge is 0.490 e. The zero-order chi connectivity index (χ0) is 19.8. The molecule has 2 N–H and O–H groups in total. The number of hydrogen-bond acceptors (Lipinski definition) is 3. The minimum Gasteiger partial charge on any atom is -0.490 e. The highest BCUT2D eigenvalue weighted by atomic mass is 127. The van der Waals surface area contributed by atoms with Gasteiger partial charge in [0.05, 0.1) is 12.6 Å². The third kappa shape index (κ3) is 6.92. The van der Waals surface area contributed by atoms with Crippen LogP contribution in [0.1, 0.15) is 43.8 Å². The van der Waals surface area contributed by atoms with Gasteiger partial charge in [-0.1, -0.05) is 19.1 Å². The van der Waals surface area contributed by atoms with Crippen molar-refractivity contribution in [1.82, 2.24) is 20.2 Å². The molecule has 28 heavy (non-hydrogen) atoms. The van der Waals surface area contributed by atoms with Crippen molar-refractivity contribution in [2.45, 2.75) is 52.9 Å². The van der Waals surface area contributed by atoms with Crippen LogP contribution in [0.15, 0.2) is 35.6 Å². The molecule has 1 heterocycles. The summed E-state index contributed by atoms with van der Waals surface area (Å²) in [4.78, 5) is 8.08. The summed E-state index contributed by atoms with van der Waals surface area (Å²) in [5, 5.41) is 6.18. The molecule has 0 aliphatic rings. The topological polar surface area (TPSA) is 63.5 Å². The van der Waals surface area contributed by atoms with Gasteiger partial charge in [-0.2, -0.15) is 8.78 Å². The first-order valence-corrected chi connectivity index (χ1v) is 8.95. The molecule has 1 aromatic heterocycles. The fraction of sp³-hybridized carbons (Fsp3) is 0.474. The van der Waals surface area contributed by atoms with Gasteiger partial charge in [0, 0.05) is 31.5 Å². The number of ether oxygens (including phenoxy) is 1. The quantitative estimate of drug-likeness (QED) is 0.319. The molecule has 0 saturated heterocycles. The Bertz CT molecular complexity index is 767. The van der Waals surface area contributed by atoms with Gasteiger partial charge in [0.1, 0.15) is 11.6 Å². The summed E-state index contributed by atoms with van der Waals surface area (Å²) in [5.74, 6) is 1.57. The molecular weight excluding hydrogens is 479 g/mol. The van der Waals surface area contributed by atoms with E-state index < -0.39 is 6.55 Å². The molecule has 2 aromatic rings. The molecule has 9 heteroatoms. The van der Waals surface area contributed by atoms with Gasteiger partial charge in [-0.05, 0) is 31.9 Å². The summed E-state index contributed by atoms with van der Waals surface area (Å²) >= 11 is 0. The fourth-order valence-corrected chi connectivity index (χ4v) is 2.44. The molecule has 156 valence electrons. The second-order valence-corrected chi connectivity index (χ2v) is 6.26. The van der Waals surface area contributed by atoms with Crippen LogP contribution in [0, 0.1) is 6.92 Å². The van der Waals surface area contributed by atoms with Crippen LogP contribution in [0.3, 0.4) is 0 Å². The highest BCUT2D eigenvalue weighted by molar-refractivity contribution is 14.0. The van der Waals surface area contributed by atoms with E-state index in [1.807, 2.05) is 32.0 Å². The Morgan fingerprint density at radius 1 is 1.29 bits per heavy atom. The van der Waals surface area contributed by atoms with Crippen LogP contribution >= 0.6 is 24.0 Å². The fourth-order valence-electron chi connectivity index (χ4n) is 2.44. The van der Waals surface area contributed by atoms with Gasteiger partial charge >= 0.3 is 6.55 Å². The molecule has 0 spiro atoms. The van der Waals surface area contributed by atoms with E-state index in [2.05, 4.69) is 27.5 Å². The average Bonchev–Trinajstić information content (AvgIpc) is 3.12. The Morgan fingerprint density at radius 2 is 2.00 bits per heavy atom. The van der Waals surface area contributed by atoms with Crippen molar-refractivity contribution in [3.05, 3.63) is 47.5 Å². The number of hydrogen-bond donors (Lipinski definition) is 2. The van der Waals surface area contributed by atoms with Crippen molar-refractivity contribution in [2.24, 2.45) is 4.99 Å². The van der Waals surface area contributed by atoms with Crippen molar-refractivity contribution in [2.75, 3.05) is 7.05 Å². The predicted octanol–water partition coefficient (Wildman–Crippen LogP) is 4.25. The van der Waals surface area contributed by atoms with Crippen LogP contribution in [0.2, 0.25) is 0 Å². The summed E-state index contributed by atoms with van der Waals surface area (Å²) in [7, 11) is 1.63. The first-order valence-electron chi connectivity index (χ1n) is 8.95. The molecule has 0 bridgehead atoms. The van der Waals surface area contributed by atoms with Crippen molar-refractivity contribution in [3.8, 4) is 5.75 Å². The third-order valence-electron chi connectivity index (χ3n) is 4.17. The molecule has 0 aliphatic carbocycles. The lowest BCUT2D eigenvalue weighted by molar-refractivity contribution is 0.0668. The molecule has 6 nitrogen and oxygen atoms in total. The van der Waals surface area contributed by atoms with Crippen LogP contribution < -0.4 is 15.4 Å². The summed E-state index contributed by atoms with van der Waals surface area (Å²) < 4.78 is 32.6. The lowest BCUT2D eigenvalue weighted by atomic mass is 10.1. The molecule has 1 unspecified atom stereocenters. The lowest BCUT2D eigenvalue weighted by Crippen LogP contribution is -2.37. The Balaban J connectivity index is 0.00000392. The second kappa shape index (κ2) is 11.8. The monoisotopic (exact) mass is 507 g/mol. The van der Waals surface area contributed by atoms with Crippen molar-refractivity contribution in [3.63, 3.8) is 0 Å². The van der Waals surface area contributed by atoms with E-state index in [1.54, 1.807) is 7.05 Å². The van der Waals surface area contributed by atoms with E-state index in [4.69, 9.17) is 4.74 Å². The Kier molecular flexibility index (Phi) is 10.2. The molecule has 1 atom stereocenters. The number of benzene rings is 1. The smallest absolute Gasteiger partial charge is 0.319 e. The average molecular weight is 507 g/mol. The number of alkyl halides is 2. The Labute approximate surface area is 181 Å². The molecule has 0 saturated carbocycles. The molecule has 0 fully saturated rings. The van der Waals surface area contributed by atoms with Gasteiger partial charge in [-0.15, -0.1) is 24.0 Å². The van der Waals surface area contributed by atoms with Crippen LogP contribution in [-0.4, -0.2) is 28.7 Å². The van der Waals surface area contributed by atoms with Crippen LogP contribution in [0.25, 0.3) is 0 Å². The molecule has 2 rings (SSSR count). The second-order valence-electron chi connectivity index (χ2n) is 6.26. The van der Waals surface area contributed by atoms with Crippen LogP contribution in [-0.2, 0) is 13.1 Å². The summed E-state index contributed by atoms with van der Waals surface area (Å²) in [6.07, 6.45) is 3.64. The standard InChI is InChI=1S/C19H27F2N5O.HI/c1-5-14(3)27-16-10-13(2)6-7-15(16)11-24-19(22-4)25-12-17-23-8-9-26(17)18(20)21;/h6-10,14,18H,5,11-12H2,1-4H3,(H2,22,24,25);1H. The maximum atomic E-state index is 12.9. The zero-order valence-electron chi connectivity index (χ0n) is 16.6. The highest BCUT2D eigenvalue weighted by Gasteiger charge is 2.12. The number of imidazole rings is 1. The lowest BCUT2D eigenvalue weighted by Gasteiger charge is -2.18. The van der Waals surface area contributed by atoms with Crippen molar-refractivity contribution >= 4 is 29.9 Å². The van der Waals surface area contributed by atoms with E-state index in [1.165, 1.54) is 12.4 Å². The SMILES string of the molecule is CCC(C)Oc1cc(C)ccc1CNC(=NC)NCc1nccn1C(F)F.I. The van der Waals surface area contributed by atoms with E-state index in [0.29, 0.717) is 12.5 Å². The minimum atomic E-state index is -2.62. The molecule has 0 radical (unpaired) electrons.